The number of hydrogen-bond acceptors (Lipinski definition) is 3. The third kappa shape index (κ3) is 3.90. The first-order valence-corrected chi connectivity index (χ1v) is 10.8. The third-order valence-electron chi connectivity index (χ3n) is 4.83. The minimum absolute atomic E-state index is 0.463. The summed E-state index contributed by atoms with van der Waals surface area (Å²) in [6.45, 7) is 0.503. The van der Waals surface area contributed by atoms with Crippen LogP contribution >= 0.6 is 46.4 Å². The Balaban J connectivity index is 1.60. The monoisotopic (exact) mass is 487 g/mol. The summed E-state index contributed by atoms with van der Waals surface area (Å²) in [5, 5.41) is 10.7. The summed E-state index contributed by atoms with van der Waals surface area (Å²) < 4.78 is 3.72. The van der Waals surface area contributed by atoms with E-state index in [4.69, 9.17) is 51.4 Å². The fourth-order valence-corrected chi connectivity index (χ4v) is 4.01. The van der Waals surface area contributed by atoms with Crippen LogP contribution in [0.15, 0.2) is 67.0 Å². The van der Waals surface area contributed by atoms with Crippen LogP contribution in [-0.4, -0.2) is 24.4 Å². The maximum atomic E-state index is 6.26. The molecular weight excluding hydrogens is 476 g/mol. The number of pyridine rings is 1. The SMILES string of the molecule is Clc1ccc(Cn2cc(-c3c(-c4ccc(Cl)c(Cl)c4)nc4ccccn34)nn2)cc1Cl. The van der Waals surface area contributed by atoms with Crippen molar-refractivity contribution in [3.05, 3.63) is 92.6 Å². The van der Waals surface area contributed by atoms with Gasteiger partial charge in [-0.2, -0.15) is 0 Å². The zero-order chi connectivity index (χ0) is 21.5. The van der Waals surface area contributed by atoms with Crippen LogP contribution in [0.3, 0.4) is 0 Å². The molecule has 5 aromatic rings. The summed E-state index contributed by atoms with van der Waals surface area (Å²) in [6.07, 6.45) is 3.82. The molecule has 0 saturated heterocycles. The summed E-state index contributed by atoms with van der Waals surface area (Å²) in [5.41, 5.74) is 4.83. The highest BCUT2D eigenvalue weighted by atomic mass is 35.5. The molecule has 9 heteroatoms. The molecule has 0 aliphatic heterocycles. The highest BCUT2D eigenvalue weighted by molar-refractivity contribution is 6.42. The molecule has 0 radical (unpaired) electrons. The fraction of sp³-hybridized carbons (Fsp3) is 0.0455. The zero-order valence-corrected chi connectivity index (χ0v) is 18.8. The second-order valence-corrected chi connectivity index (χ2v) is 8.55. The van der Waals surface area contributed by atoms with Gasteiger partial charge in [-0.15, -0.1) is 5.10 Å². The van der Waals surface area contributed by atoms with E-state index >= 15 is 0 Å². The number of imidazole rings is 1. The van der Waals surface area contributed by atoms with E-state index in [2.05, 4.69) is 10.3 Å². The molecule has 154 valence electrons. The first-order valence-electron chi connectivity index (χ1n) is 9.26. The van der Waals surface area contributed by atoms with E-state index < -0.39 is 0 Å². The van der Waals surface area contributed by atoms with Crippen molar-refractivity contribution in [2.75, 3.05) is 0 Å². The topological polar surface area (TPSA) is 48.0 Å². The average Bonchev–Trinajstić information content (AvgIpc) is 3.37. The highest BCUT2D eigenvalue weighted by Gasteiger charge is 2.19. The Morgan fingerprint density at radius 3 is 2.35 bits per heavy atom. The molecule has 0 spiro atoms. The van der Waals surface area contributed by atoms with Crippen LogP contribution in [0.4, 0.5) is 0 Å². The Bertz CT molecular complexity index is 1420. The lowest BCUT2D eigenvalue weighted by Crippen LogP contribution is -2.00. The molecule has 3 heterocycles. The van der Waals surface area contributed by atoms with Gasteiger partial charge in [0.05, 0.1) is 38.5 Å². The molecule has 0 bridgehead atoms. The lowest BCUT2D eigenvalue weighted by molar-refractivity contribution is 0.650. The van der Waals surface area contributed by atoms with E-state index in [0.717, 1.165) is 28.2 Å². The van der Waals surface area contributed by atoms with Gasteiger partial charge in [0.15, 0.2) is 0 Å². The van der Waals surface area contributed by atoms with Gasteiger partial charge in [0.2, 0.25) is 0 Å². The number of aromatic nitrogens is 5. The molecule has 5 nitrogen and oxygen atoms in total. The standard InChI is InChI=1S/C22H13Cl4N5/c23-15-6-4-13(9-17(15)25)11-30-12-19(28-29-30)22-21(14-5-7-16(24)18(26)10-14)27-20-3-1-2-8-31(20)22/h1-10,12H,11H2. The van der Waals surface area contributed by atoms with Crippen LogP contribution < -0.4 is 0 Å². The Morgan fingerprint density at radius 1 is 0.806 bits per heavy atom. The van der Waals surface area contributed by atoms with Crippen LogP contribution in [0.5, 0.6) is 0 Å². The molecule has 0 unspecified atom stereocenters. The molecule has 0 fully saturated rings. The van der Waals surface area contributed by atoms with Crippen molar-refractivity contribution >= 4 is 52.1 Å². The van der Waals surface area contributed by atoms with Gasteiger partial charge in [0.1, 0.15) is 17.0 Å². The maximum absolute atomic E-state index is 6.26. The van der Waals surface area contributed by atoms with Gasteiger partial charge in [-0.05, 0) is 42.0 Å². The normalized spacial score (nSPS) is 11.4. The van der Waals surface area contributed by atoms with Gasteiger partial charge in [-0.3, -0.25) is 4.40 Å². The maximum Gasteiger partial charge on any atom is 0.137 e. The number of fused-ring (bicyclic) bond motifs is 1. The zero-order valence-electron chi connectivity index (χ0n) is 15.8. The summed E-state index contributed by atoms with van der Waals surface area (Å²) >= 11 is 24.5. The Morgan fingerprint density at radius 2 is 1.58 bits per heavy atom. The van der Waals surface area contributed by atoms with E-state index in [1.807, 2.05) is 53.2 Å². The van der Waals surface area contributed by atoms with Crippen molar-refractivity contribution < 1.29 is 0 Å². The molecule has 2 aromatic carbocycles. The van der Waals surface area contributed by atoms with Crippen molar-refractivity contribution in [3.8, 4) is 22.6 Å². The summed E-state index contributed by atoms with van der Waals surface area (Å²) in [6, 6.07) is 16.8. The van der Waals surface area contributed by atoms with Crippen molar-refractivity contribution in [3.63, 3.8) is 0 Å². The van der Waals surface area contributed by atoms with Crippen LogP contribution in [0.2, 0.25) is 20.1 Å². The van der Waals surface area contributed by atoms with Crippen LogP contribution in [0.1, 0.15) is 5.56 Å². The van der Waals surface area contributed by atoms with E-state index in [0.29, 0.717) is 32.3 Å². The Kier molecular flexibility index (Phi) is 5.36. The van der Waals surface area contributed by atoms with E-state index in [1.54, 1.807) is 22.9 Å². The highest BCUT2D eigenvalue weighted by Crippen LogP contribution is 2.34. The van der Waals surface area contributed by atoms with Crippen molar-refractivity contribution in [1.29, 1.82) is 0 Å². The van der Waals surface area contributed by atoms with Gasteiger partial charge in [-0.25, -0.2) is 9.67 Å². The van der Waals surface area contributed by atoms with Crippen LogP contribution in [-0.2, 0) is 6.54 Å². The predicted octanol–water partition coefficient (Wildman–Crippen LogP) is 6.92. The summed E-state index contributed by atoms with van der Waals surface area (Å²) in [5.74, 6) is 0. The fourth-order valence-electron chi connectivity index (χ4n) is 3.39. The predicted molar refractivity (Wildman–Crippen MR) is 125 cm³/mol. The number of nitrogens with zero attached hydrogens (tertiary/aromatic N) is 5. The molecule has 0 N–H and O–H groups in total. The smallest absolute Gasteiger partial charge is 0.137 e. The second-order valence-electron chi connectivity index (χ2n) is 6.92. The van der Waals surface area contributed by atoms with Crippen LogP contribution in [0.25, 0.3) is 28.3 Å². The average molecular weight is 489 g/mol. The molecule has 0 aliphatic rings. The van der Waals surface area contributed by atoms with Crippen molar-refractivity contribution in [2.45, 2.75) is 6.54 Å². The molecule has 0 amide bonds. The quantitative estimate of drug-likeness (QED) is 0.275. The minimum atomic E-state index is 0.463. The Labute approximate surface area is 197 Å². The molecule has 0 saturated carbocycles. The van der Waals surface area contributed by atoms with E-state index in [9.17, 15) is 0 Å². The minimum Gasteiger partial charge on any atom is -0.298 e. The van der Waals surface area contributed by atoms with Gasteiger partial charge >= 0.3 is 0 Å². The van der Waals surface area contributed by atoms with E-state index in [-0.39, 0.29) is 0 Å². The van der Waals surface area contributed by atoms with Crippen molar-refractivity contribution in [1.82, 2.24) is 24.4 Å². The second kappa shape index (κ2) is 8.17. The lowest BCUT2D eigenvalue weighted by atomic mass is 10.1. The summed E-state index contributed by atoms with van der Waals surface area (Å²) in [4.78, 5) is 4.80. The van der Waals surface area contributed by atoms with E-state index in [1.165, 1.54) is 0 Å². The van der Waals surface area contributed by atoms with Crippen LogP contribution in [0, 0.1) is 0 Å². The van der Waals surface area contributed by atoms with Crippen molar-refractivity contribution in [2.24, 2.45) is 0 Å². The molecule has 0 aliphatic carbocycles. The number of halogens is 4. The number of benzene rings is 2. The third-order valence-corrected chi connectivity index (χ3v) is 6.31. The molecule has 3 aromatic heterocycles. The molecule has 31 heavy (non-hydrogen) atoms. The van der Waals surface area contributed by atoms with Gasteiger partial charge in [0, 0.05) is 11.8 Å². The lowest BCUT2D eigenvalue weighted by Gasteiger charge is -2.04. The number of hydrogen-bond donors (Lipinski definition) is 0. The van der Waals surface area contributed by atoms with Gasteiger partial charge in [0.25, 0.3) is 0 Å². The Hall–Kier alpha value is -2.57. The largest absolute Gasteiger partial charge is 0.298 e. The molecule has 5 rings (SSSR count). The first-order chi connectivity index (χ1) is 15.0. The number of rotatable bonds is 4. The molecule has 0 atom stereocenters. The molecular formula is C22H13Cl4N5. The first kappa shape index (κ1) is 20.3. The summed E-state index contributed by atoms with van der Waals surface area (Å²) in [7, 11) is 0. The van der Waals surface area contributed by atoms with Gasteiger partial charge in [-0.1, -0.05) is 69.8 Å². The van der Waals surface area contributed by atoms with Gasteiger partial charge < -0.3 is 0 Å².